The van der Waals surface area contributed by atoms with E-state index in [1.54, 1.807) is 35.0 Å². The third-order valence-electron chi connectivity index (χ3n) is 3.04. The number of carboxylic acid groups (broad SMARTS) is 1. The Labute approximate surface area is 126 Å². The van der Waals surface area contributed by atoms with Crippen molar-refractivity contribution >= 4 is 18.0 Å². The topological polar surface area (TPSA) is 95.1 Å². The van der Waals surface area contributed by atoms with Crippen LogP contribution in [-0.2, 0) is 4.79 Å². The number of amides is 1. The van der Waals surface area contributed by atoms with Crippen LogP contribution in [0, 0.1) is 11.3 Å². The molecule has 0 saturated carbocycles. The van der Waals surface area contributed by atoms with Crippen molar-refractivity contribution in [3.05, 3.63) is 59.4 Å². The number of hydrogen-bond donors (Lipinski definition) is 2. The van der Waals surface area contributed by atoms with Gasteiger partial charge in [0, 0.05) is 24.6 Å². The number of carbonyl (C=O) groups is 2. The zero-order valence-corrected chi connectivity index (χ0v) is 11.8. The maximum atomic E-state index is 11.6. The Morgan fingerprint density at radius 3 is 2.73 bits per heavy atom. The lowest BCUT2D eigenvalue weighted by Crippen LogP contribution is -2.19. The first-order valence-corrected chi connectivity index (χ1v) is 6.41. The number of likely N-dealkylation sites (N-methyl/N-ethyl adjacent to an activating group) is 1. The van der Waals surface area contributed by atoms with Gasteiger partial charge in [0.25, 0.3) is 5.91 Å². The van der Waals surface area contributed by atoms with Crippen molar-refractivity contribution in [2.75, 3.05) is 7.05 Å². The minimum atomic E-state index is -1.02. The van der Waals surface area contributed by atoms with Gasteiger partial charge in [-0.25, -0.2) is 4.79 Å². The van der Waals surface area contributed by atoms with E-state index in [1.807, 2.05) is 6.07 Å². The molecule has 0 aliphatic carbocycles. The lowest BCUT2D eigenvalue weighted by molar-refractivity contribution is -0.116. The van der Waals surface area contributed by atoms with Crippen LogP contribution < -0.4 is 5.32 Å². The minimum Gasteiger partial charge on any atom is -0.478 e. The molecule has 2 rings (SSSR count). The summed E-state index contributed by atoms with van der Waals surface area (Å²) < 4.78 is 1.70. The SMILES string of the molecule is CNC(=O)/C(C#N)=C/c1cccn1-c1cccc(C(=O)O)c1. The van der Waals surface area contributed by atoms with Crippen LogP contribution in [0.1, 0.15) is 16.1 Å². The van der Waals surface area contributed by atoms with Gasteiger partial charge >= 0.3 is 5.97 Å². The molecule has 2 aromatic rings. The molecule has 110 valence electrons. The number of benzene rings is 1. The number of aromatic nitrogens is 1. The van der Waals surface area contributed by atoms with Crippen molar-refractivity contribution < 1.29 is 14.7 Å². The molecule has 1 heterocycles. The number of hydrogen-bond acceptors (Lipinski definition) is 3. The average Bonchev–Trinajstić information content (AvgIpc) is 3.00. The molecule has 22 heavy (non-hydrogen) atoms. The fraction of sp³-hybridized carbons (Fsp3) is 0.0625. The second kappa shape index (κ2) is 6.41. The van der Waals surface area contributed by atoms with E-state index >= 15 is 0 Å². The third-order valence-corrected chi connectivity index (χ3v) is 3.04. The Kier molecular flexibility index (Phi) is 4.39. The molecule has 6 heteroatoms. The van der Waals surface area contributed by atoms with Gasteiger partial charge in [-0.15, -0.1) is 0 Å². The van der Waals surface area contributed by atoms with Crippen LogP contribution in [0.4, 0.5) is 0 Å². The van der Waals surface area contributed by atoms with Crippen LogP contribution in [0.25, 0.3) is 11.8 Å². The van der Waals surface area contributed by atoms with Gasteiger partial charge in [0.2, 0.25) is 0 Å². The van der Waals surface area contributed by atoms with E-state index in [4.69, 9.17) is 10.4 Å². The smallest absolute Gasteiger partial charge is 0.335 e. The van der Waals surface area contributed by atoms with Gasteiger partial charge in [-0.2, -0.15) is 5.26 Å². The molecule has 0 spiro atoms. The molecular weight excluding hydrogens is 282 g/mol. The molecule has 0 saturated heterocycles. The molecular formula is C16H13N3O3. The van der Waals surface area contributed by atoms with Crippen molar-refractivity contribution in [3.8, 4) is 11.8 Å². The van der Waals surface area contributed by atoms with Crippen LogP contribution in [0.5, 0.6) is 0 Å². The van der Waals surface area contributed by atoms with Gasteiger partial charge in [0.15, 0.2) is 0 Å². The Morgan fingerprint density at radius 2 is 2.09 bits per heavy atom. The second-order valence-corrected chi connectivity index (χ2v) is 4.41. The van der Waals surface area contributed by atoms with Gasteiger partial charge in [-0.3, -0.25) is 4.79 Å². The zero-order valence-electron chi connectivity index (χ0n) is 11.8. The first kappa shape index (κ1) is 15.1. The van der Waals surface area contributed by atoms with Crippen molar-refractivity contribution in [2.45, 2.75) is 0 Å². The molecule has 2 N–H and O–H groups in total. The molecule has 1 amide bonds. The Morgan fingerprint density at radius 1 is 1.32 bits per heavy atom. The predicted octanol–water partition coefficient (Wildman–Crippen LogP) is 1.83. The quantitative estimate of drug-likeness (QED) is 0.664. The van der Waals surface area contributed by atoms with Gasteiger partial charge in [-0.05, 0) is 36.4 Å². The van der Waals surface area contributed by atoms with Crippen molar-refractivity contribution in [1.82, 2.24) is 9.88 Å². The number of nitrogens with zero attached hydrogens (tertiary/aromatic N) is 2. The van der Waals surface area contributed by atoms with Crippen LogP contribution in [-0.4, -0.2) is 28.6 Å². The molecule has 1 aromatic heterocycles. The summed E-state index contributed by atoms with van der Waals surface area (Å²) in [5.74, 6) is -1.50. The number of rotatable bonds is 4. The monoisotopic (exact) mass is 295 g/mol. The number of nitriles is 1. The number of carboxylic acids is 1. The van der Waals surface area contributed by atoms with E-state index in [0.717, 1.165) is 0 Å². The van der Waals surface area contributed by atoms with Gasteiger partial charge < -0.3 is 15.0 Å². The molecule has 0 atom stereocenters. The van der Waals surface area contributed by atoms with Crippen molar-refractivity contribution in [2.24, 2.45) is 0 Å². The van der Waals surface area contributed by atoms with E-state index in [2.05, 4.69) is 5.32 Å². The zero-order chi connectivity index (χ0) is 16.1. The Bertz CT molecular complexity index is 797. The second-order valence-electron chi connectivity index (χ2n) is 4.41. The maximum absolute atomic E-state index is 11.6. The molecule has 0 aliphatic rings. The summed E-state index contributed by atoms with van der Waals surface area (Å²) in [5, 5.41) is 20.5. The molecule has 1 aromatic carbocycles. The fourth-order valence-electron chi connectivity index (χ4n) is 1.97. The predicted molar refractivity (Wildman–Crippen MR) is 80.4 cm³/mol. The highest BCUT2D eigenvalue weighted by atomic mass is 16.4. The highest BCUT2D eigenvalue weighted by Gasteiger charge is 2.10. The molecule has 0 radical (unpaired) electrons. The van der Waals surface area contributed by atoms with Gasteiger partial charge in [0.05, 0.1) is 5.56 Å². The van der Waals surface area contributed by atoms with Crippen LogP contribution >= 0.6 is 0 Å². The maximum Gasteiger partial charge on any atom is 0.335 e. The summed E-state index contributed by atoms with van der Waals surface area (Å²) in [6, 6.07) is 11.7. The minimum absolute atomic E-state index is 0.0307. The molecule has 0 aliphatic heterocycles. The number of carbonyl (C=O) groups excluding carboxylic acids is 1. The Hall–Kier alpha value is -3.33. The molecule has 0 bridgehead atoms. The highest BCUT2D eigenvalue weighted by molar-refractivity contribution is 6.01. The van der Waals surface area contributed by atoms with E-state index in [1.165, 1.54) is 25.3 Å². The van der Waals surface area contributed by atoms with Crippen molar-refractivity contribution in [1.29, 1.82) is 5.26 Å². The summed E-state index contributed by atoms with van der Waals surface area (Å²) >= 11 is 0. The summed E-state index contributed by atoms with van der Waals surface area (Å²) in [6.45, 7) is 0. The van der Waals surface area contributed by atoms with E-state index in [-0.39, 0.29) is 11.1 Å². The van der Waals surface area contributed by atoms with Gasteiger partial charge in [0.1, 0.15) is 11.6 Å². The molecule has 6 nitrogen and oxygen atoms in total. The number of aromatic carboxylic acids is 1. The van der Waals surface area contributed by atoms with Crippen LogP contribution in [0.3, 0.4) is 0 Å². The first-order valence-electron chi connectivity index (χ1n) is 6.41. The Balaban J connectivity index is 2.49. The average molecular weight is 295 g/mol. The normalized spacial score (nSPS) is 10.8. The summed E-state index contributed by atoms with van der Waals surface area (Å²) in [4.78, 5) is 22.6. The van der Waals surface area contributed by atoms with E-state index in [0.29, 0.717) is 11.4 Å². The lowest BCUT2D eigenvalue weighted by atomic mass is 10.2. The van der Waals surface area contributed by atoms with E-state index in [9.17, 15) is 9.59 Å². The number of nitrogens with one attached hydrogen (secondary N) is 1. The van der Waals surface area contributed by atoms with Crippen molar-refractivity contribution in [3.63, 3.8) is 0 Å². The summed E-state index contributed by atoms with van der Waals surface area (Å²) in [5.41, 5.74) is 1.36. The fourth-order valence-corrected chi connectivity index (χ4v) is 1.97. The van der Waals surface area contributed by atoms with Crippen LogP contribution in [0.15, 0.2) is 48.2 Å². The van der Waals surface area contributed by atoms with Crippen LogP contribution in [0.2, 0.25) is 0 Å². The molecule has 0 fully saturated rings. The van der Waals surface area contributed by atoms with E-state index < -0.39 is 11.9 Å². The molecule has 0 unspecified atom stereocenters. The van der Waals surface area contributed by atoms with Gasteiger partial charge in [-0.1, -0.05) is 6.07 Å². The standard InChI is InChI=1S/C16H13N3O3/c1-18-15(20)12(10-17)9-14-6-3-7-19(14)13-5-2-4-11(8-13)16(21)22/h2-9H,1H3,(H,18,20)(H,21,22)/b12-9+. The summed E-state index contributed by atoms with van der Waals surface area (Å²) in [6.07, 6.45) is 3.18. The largest absolute Gasteiger partial charge is 0.478 e. The summed E-state index contributed by atoms with van der Waals surface area (Å²) in [7, 11) is 1.45. The highest BCUT2D eigenvalue weighted by Crippen LogP contribution is 2.17. The first-order chi connectivity index (χ1) is 10.6. The lowest BCUT2D eigenvalue weighted by Gasteiger charge is -2.08. The third kappa shape index (κ3) is 3.04.